The molecule has 0 unspecified atom stereocenters. The van der Waals surface area contributed by atoms with Gasteiger partial charge in [-0.15, -0.1) is 10.2 Å². The molecule has 60 heavy (non-hydrogen) atoms. The Balaban J connectivity index is 0.000000181. The fraction of sp³-hybridized carbons (Fsp3) is 0.476. The minimum Gasteiger partial charge on any atom is -0.466 e. The zero-order chi connectivity index (χ0) is 42.5. The quantitative estimate of drug-likeness (QED) is 0.196. The van der Waals surface area contributed by atoms with Crippen LogP contribution in [-0.2, 0) is 41.7 Å². The first-order chi connectivity index (χ1) is 29.0. The summed E-state index contributed by atoms with van der Waals surface area (Å²) in [4.78, 5) is 86.3. The molecule has 2 aliphatic carbocycles. The zero-order valence-corrected chi connectivity index (χ0v) is 34.0. The number of carbonyl (C=O) groups is 6. The number of fused-ring (bicyclic) bond motifs is 2. The van der Waals surface area contributed by atoms with Crippen LogP contribution in [0.5, 0.6) is 0 Å². The van der Waals surface area contributed by atoms with Crippen LogP contribution >= 0.6 is 0 Å². The van der Waals surface area contributed by atoms with Crippen molar-refractivity contribution < 1.29 is 38.2 Å². The van der Waals surface area contributed by atoms with Crippen molar-refractivity contribution in [1.29, 1.82) is 0 Å². The lowest BCUT2D eigenvalue weighted by Gasteiger charge is -2.22. The van der Waals surface area contributed by atoms with Crippen LogP contribution < -0.4 is 10.6 Å². The molecule has 2 saturated carbocycles. The number of aromatic nitrogens is 6. The van der Waals surface area contributed by atoms with Crippen molar-refractivity contribution in [2.24, 2.45) is 23.7 Å². The van der Waals surface area contributed by atoms with E-state index in [0.717, 1.165) is 11.1 Å². The predicted octanol–water partition coefficient (Wildman–Crippen LogP) is 1.71. The van der Waals surface area contributed by atoms with Crippen LogP contribution in [0.3, 0.4) is 0 Å². The minimum absolute atomic E-state index is 0.0280. The summed E-state index contributed by atoms with van der Waals surface area (Å²) in [6.07, 6.45) is 5.29. The number of amides is 4. The van der Waals surface area contributed by atoms with Gasteiger partial charge in [0.25, 0.3) is 11.8 Å². The monoisotopic (exact) mass is 822 g/mol. The van der Waals surface area contributed by atoms with Crippen molar-refractivity contribution in [3.8, 4) is 0 Å². The zero-order valence-electron chi connectivity index (χ0n) is 34.0. The van der Waals surface area contributed by atoms with Crippen LogP contribution in [0, 0.1) is 23.7 Å². The van der Waals surface area contributed by atoms with E-state index in [1.54, 1.807) is 47.1 Å². The topological polar surface area (TPSA) is 213 Å². The maximum Gasteiger partial charge on any atom is 0.311 e. The molecule has 2 saturated heterocycles. The Labute approximate surface area is 347 Å². The Kier molecular flexibility index (Phi) is 12.7. The average Bonchev–Trinajstić information content (AvgIpc) is 4.04. The molecule has 0 radical (unpaired) electrons. The third kappa shape index (κ3) is 9.21. The van der Waals surface area contributed by atoms with Gasteiger partial charge in [0, 0.05) is 26.2 Å². The lowest BCUT2D eigenvalue weighted by Crippen LogP contribution is -2.48. The smallest absolute Gasteiger partial charge is 0.311 e. The van der Waals surface area contributed by atoms with Crippen LogP contribution in [0.2, 0.25) is 0 Å². The molecular weight excluding hydrogens is 773 g/mol. The van der Waals surface area contributed by atoms with Gasteiger partial charge in [0.2, 0.25) is 23.5 Å². The van der Waals surface area contributed by atoms with Crippen LogP contribution in [0.4, 0.5) is 0 Å². The summed E-state index contributed by atoms with van der Waals surface area (Å²) in [6, 6.07) is 17.9. The largest absolute Gasteiger partial charge is 0.466 e. The second-order valence-corrected chi connectivity index (χ2v) is 15.5. The van der Waals surface area contributed by atoms with Crippen molar-refractivity contribution in [2.75, 3.05) is 27.3 Å². The number of rotatable bonds is 12. The molecule has 4 fully saturated rings. The molecule has 316 valence electrons. The molecule has 0 bridgehead atoms. The lowest BCUT2D eigenvalue weighted by molar-refractivity contribution is -0.147. The molecule has 0 spiro atoms. The number of carbonyl (C=O) groups excluding carboxylic acids is 6. The Bertz CT molecular complexity index is 2040. The van der Waals surface area contributed by atoms with Crippen molar-refractivity contribution in [3.05, 3.63) is 96.1 Å². The van der Waals surface area contributed by atoms with Crippen LogP contribution in [0.1, 0.15) is 71.9 Å². The van der Waals surface area contributed by atoms with Crippen molar-refractivity contribution in [2.45, 2.75) is 76.8 Å². The number of nitrogens with one attached hydrogen (secondary N) is 2. The highest BCUT2D eigenvalue weighted by Crippen LogP contribution is 2.50. The van der Waals surface area contributed by atoms with E-state index in [-0.39, 0.29) is 71.2 Å². The molecule has 18 nitrogen and oxygen atoms in total. The molecule has 4 heterocycles. The molecule has 8 rings (SSSR count). The predicted molar refractivity (Wildman–Crippen MR) is 212 cm³/mol. The lowest BCUT2D eigenvalue weighted by atomic mass is 10.1. The Hall–Kier alpha value is -6.46. The standard InChI is InChI=1S/2C21H25N5O4/c2*1-3-30-21(29)16-14-9-10-15(20(28)25(2)17(14)16)23-19(27)18-22-12-26(24-18)11-13-7-5-4-6-8-13/h2*4-8,12,14-17H,3,9-11H2,1-2H3,(H,23,27)/t14-,15+,16+,17-;14-,15-,16+,17-/m10/s1. The molecule has 2 aliphatic heterocycles. The first kappa shape index (κ1) is 41.7. The molecule has 4 aliphatic rings. The Morgan fingerprint density at radius 2 is 1.00 bits per heavy atom. The average molecular weight is 823 g/mol. The van der Waals surface area contributed by atoms with Gasteiger partial charge >= 0.3 is 11.9 Å². The van der Waals surface area contributed by atoms with E-state index in [0.29, 0.717) is 52.0 Å². The van der Waals surface area contributed by atoms with Gasteiger partial charge in [0.05, 0.1) is 38.1 Å². The van der Waals surface area contributed by atoms with E-state index < -0.39 is 23.9 Å². The highest BCUT2D eigenvalue weighted by atomic mass is 16.5. The fourth-order valence-corrected chi connectivity index (χ4v) is 8.53. The molecule has 2 aromatic carbocycles. The number of hydrogen-bond acceptors (Lipinski definition) is 12. The van der Waals surface area contributed by atoms with E-state index in [2.05, 4.69) is 30.8 Å². The SMILES string of the molecule is CCOC(=O)[C@@H]1[C@@H]2CC[C@H](NC(=O)c3ncn(Cc4ccccc4)n3)C(=O)N(C)[C@@H]21.CCOC(=O)[C@H]1[C@H]2CC[C@H](NC(=O)c3ncn(Cc4ccccc4)n3)C(=O)N(C)[C@H]21. The van der Waals surface area contributed by atoms with Crippen LogP contribution in [0.25, 0.3) is 0 Å². The first-order valence-corrected chi connectivity index (χ1v) is 20.3. The minimum atomic E-state index is -0.654. The molecule has 2 N–H and O–H groups in total. The van der Waals surface area contributed by atoms with Gasteiger partial charge in [-0.25, -0.2) is 19.3 Å². The van der Waals surface area contributed by atoms with E-state index in [1.807, 2.05) is 60.7 Å². The van der Waals surface area contributed by atoms with Crippen LogP contribution in [0.15, 0.2) is 73.3 Å². The van der Waals surface area contributed by atoms with Crippen LogP contribution in [-0.4, -0.2) is 126 Å². The number of likely N-dealkylation sites (tertiary alicyclic amines) is 2. The molecule has 8 atom stereocenters. The van der Waals surface area contributed by atoms with Gasteiger partial charge in [0.15, 0.2) is 0 Å². The molecular formula is C42H50N10O8. The van der Waals surface area contributed by atoms with Gasteiger partial charge in [-0.3, -0.25) is 28.8 Å². The molecule has 4 amide bonds. The third-order valence-corrected chi connectivity index (χ3v) is 11.6. The molecule has 18 heteroatoms. The Morgan fingerprint density at radius 3 is 1.37 bits per heavy atom. The van der Waals surface area contributed by atoms with Gasteiger partial charge in [-0.05, 0) is 62.5 Å². The summed E-state index contributed by atoms with van der Waals surface area (Å²) in [7, 11) is 3.35. The van der Waals surface area contributed by atoms with Crippen molar-refractivity contribution >= 4 is 35.6 Å². The van der Waals surface area contributed by atoms with E-state index >= 15 is 0 Å². The van der Waals surface area contributed by atoms with E-state index in [4.69, 9.17) is 9.47 Å². The summed E-state index contributed by atoms with van der Waals surface area (Å²) in [6.45, 7) is 5.21. The summed E-state index contributed by atoms with van der Waals surface area (Å²) < 4.78 is 13.4. The van der Waals surface area contributed by atoms with Gasteiger partial charge in [0.1, 0.15) is 24.7 Å². The first-order valence-electron chi connectivity index (χ1n) is 20.3. The summed E-state index contributed by atoms with van der Waals surface area (Å²) in [5.41, 5.74) is 2.09. The number of hydrogen-bond donors (Lipinski definition) is 2. The maximum absolute atomic E-state index is 12.8. The normalized spacial score (nSPS) is 25.3. The number of likely N-dealkylation sites (N-methyl/N-ethyl adjacent to an activating group) is 2. The van der Waals surface area contributed by atoms with Gasteiger partial charge < -0.3 is 29.9 Å². The van der Waals surface area contributed by atoms with Gasteiger partial charge in [-0.1, -0.05) is 60.7 Å². The number of esters is 2. The summed E-state index contributed by atoms with van der Waals surface area (Å²) >= 11 is 0. The second kappa shape index (κ2) is 18.2. The van der Waals surface area contributed by atoms with Crippen molar-refractivity contribution in [3.63, 3.8) is 0 Å². The highest BCUT2D eigenvalue weighted by Gasteiger charge is 2.61. The number of nitrogens with zero attached hydrogens (tertiary/aromatic N) is 8. The molecule has 4 aromatic rings. The maximum atomic E-state index is 12.8. The van der Waals surface area contributed by atoms with Crippen molar-refractivity contribution in [1.82, 2.24) is 50.0 Å². The number of benzene rings is 2. The van der Waals surface area contributed by atoms with E-state index in [9.17, 15) is 28.8 Å². The fourth-order valence-electron chi connectivity index (χ4n) is 8.53. The summed E-state index contributed by atoms with van der Waals surface area (Å²) in [5.74, 6) is -2.15. The highest BCUT2D eigenvalue weighted by molar-refractivity contribution is 5.96. The Morgan fingerprint density at radius 1 is 0.617 bits per heavy atom. The van der Waals surface area contributed by atoms with E-state index in [1.165, 1.54) is 12.7 Å². The third-order valence-electron chi connectivity index (χ3n) is 11.6. The van der Waals surface area contributed by atoms with Gasteiger partial charge in [-0.2, -0.15) is 0 Å². The number of ether oxygens (including phenoxy) is 2. The summed E-state index contributed by atoms with van der Waals surface area (Å²) in [5, 5.41) is 14.0. The molecule has 2 aromatic heterocycles. The second-order valence-electron chi connectivity index (χ2n) is 15.5.